The van der Waals surface area contributed by atoms with Crippen LogP contribution in [0.5, 0.6) is 0 Å². The highest BCUT2D eigenvalue weighted by molar-refractivity contribution is 5.93. The maximum atomic E-state index is 12.2. The molecule has 1 amide bonds. The smallest absolute Gasteiger partial charge is 0.271 e. The fourth-order valence-electron chi connectivity index (χ4n) is 2.56. The van der Waals surface area contributed by atoms with E-state index in [9.17, 15) is 4.79 Å². The van der Waals surface area contributed by atoms with Gasteiger partial charge in [0.2, 0.25) is 0 Å². The summed E-state index contributed by atoms with van der Waals surface area (Å²) in [5.74, 6) is -0.144. The Balaban J connectivity index is 1.74. The van der Waals surface area contributed by atoms with Gasteiger partial charge < -0.3 is 14.5 Å². The summed E-state index contributed by atoms with van der Waals surface area (Å²) >= 11 is 0. The normalized spacial score (nSPS) is 20.2. The van der Waals surface area contributed by atoms with Gasteiger partial charge in [-0.2, -0.15) is 0 Å². The van der Waals surface area contributed by atoms with Crippen molar-refractivity contribution < 1.29 is 9.53 Å². The molecule has 5 nitrogen and oxygen atoms in total. The van der Waals surface area contributed by atoms with E-state index in [1.807, 2.05) is 36.6 Å². The molecule has 5 heteroatoms. The van der Waals surface area contributed by atoms with Crippen LogP contribution >= 0.6 is 0 Å². The van der Waals surface area contributed by atoms with Gasteiger partial charge in [0.05, 0.1) is 12.1 Å². The number of fused-ring (bicyclic) bond motifs is 1. The fourth-order valence-corrected chi connectivity index (χ4v) is 2.56. The summed E-state index contributed by atoms with van der Waals surface area (Å²) in [5.41, 5.74) is 2.36. The van der Waals surface area contributed by atoms with Gasteiger partial charge in [-0.15, -0.1) is 0 Å². The van der Waals surface area contributed by atoms with Crippen LogP contribution in [0.15, 0.2) is 24.5 Å². The van der Waals surface area contributed by atoms with Gasteiger partial charge in [-0.3, -0.25) is 4.79 Å². The monoisotopic (exact) mass is 273 g/mol. The molecule has 0 aliphatic carbocycles. The third-order valence-corrected chi connectivity index (χ3v) is 3.73. The maximum Gasteiger partial charge on any atom is 0.271 e. The van der Waals surface area contributed by atoms with E-state index in [0.29, 0.717) is 5.69 Å². The van der Waals surface area contributed by atoms with Crippen LogP contribution in [0, 0.1) is 6.92 Å². The first-order valence-electron chi connectivity index (χ1n) is 7.01. The second-order valence-electron chi connectivity index (χ2n) is 5.41. The summed E-state index contributed by atoms with van der Waals surface area (Å²) in [5, 5.41) is 2.97. The Bertz CT molecular complexity index is 629. The van der Waals surface area contributed by atoms with Gasteiger partial charge in [0.25, 0.3) is 5.91 Å². The van der Waals surface area contributed by atoms with Crippen LogP contribution in [0.4, 0.5) is 0 Å². The molecule has 0 spiro atoms. The van der Waals surface area contributed by atoms with Crippen LogP contribution in [0.3, 0.4) is 0 Å². The fraction of sp³-hybridized carbons (Fsp3) is 0.467. The average Bonchev–Trinajstić information content (AvgIpc) is 3.07. The molecule has 106 valence electrons. The van der Waals surface area contributed by atoms with E-state index in [0.717, 1.165) is 30.7 Å². The van der Waals surface area contributed by atoms with Crippen molar-refractivity contribution in [3.63, 3.8) is 0 Å². The second kappa shape index (κ2) is 5.25. The minimum Gasteiger partial charge on any atom is -0.376 e. The molecule has 0 saturated carbocycles. The lowest BCUT2D eigenvalue weighted by Crippen LogP contribution is -2.40. The molecule has 0 aromatic carbocycles. The minimum atomic E-state index is -0.144. The molecular formula is C15H19N3O2. The molecule has 2 atom stereocenters. The lowest BCUT2D eigenvalue weighted by Gasteiger charge is -2.19. The third-order valence-electron chi connectivity index (χ3n) is 3.73. The molecule has 2 aromatic rings. The summed E-state index contributed by atoms with van der Waals surface area (Å²) in [4.78, 5) is 16.6. The molecule has 1 aliphatic rings. The molecular weight excluding hydrogens is 254 g/mol. The number of carbonyl (C=O) groups excluding carboxylic acids is 1. The van der Waals surface area contributed by atoms with Crippen molar-refractivity contribution in [3.8, 4) is 0 Å². The van der Waals surface area contributed by atoms with Gasteiger partial charge in [0.15, 0.2) is 0 Å². The predicted molar refractivity (Wildman–Crippen MR) is 75.8 cm³/mol. The van der Waals surface area contributed by atoms with Crippen molar-refractivity contribution in [1.82, 2.24) is 14.7 Å². The molecule has 20 heavy (non-hydrogen) atoms. The highest BCUT2D eigenvalue weighted by Gasteiger charge is 2.24. The van der Waals surface area contributed by atoms with Crippen molar-refractivity contribution in [1.29, 1.82) is 0 Å². The standard InChI is InChI=1S/C15H19N3O2/c1-10-5-6-18-9-12(17-14(18)8-10)15(19)16-11(2)13-4-3-7-20-13/h5-6,8-9,11,13H,3-4,7H2,1-2H3,(H,16,19)/t11-,13-/m1/s1. The highest BCUT2D eigenvalue weighted by Crippen LogP contribution is 2.16. The number of rotatable bonds is 3. The Hall–Kier alpha value is -1.88. The van der Waals surface area contributed by atoms with Crippen molar-refractivity contribution in [2.75, 3.05) is 6.61 Å². The summed E-state index contributed by atoms with van der Waals surface area (Å²) in [7, 11) is 0. The summed E-state index contributed by atoms with van der Waals surface area (Å²) in [6, 6.07) is 3.96. The number of nitrogens with zero attached hydrogens (tertiary/aromatic N) is 2. The second-order valence-corrected chi connectivity index (χ2v) is 5.41. The average molecular weight is 273 g/mol. The van der Waals surface area contributed by atoms with Crippen LogP contribution in [-0.4, -0.2) is 34.0 Å². The number of amides is 1. The minimum absolute atomic E-state index is 0.0107. The lowest BCUT2D eigenvalue weighted by atomic mass is 10.1. The van der Waals surface area contributed by atoms with E-state index in [2.05, 4.69) is 10.3 Å². The first-order chi connectivity index (χ1) is 9.63. The number of imidazole rings is 1. The number of hydrogen-bond donors (Lipinski definition) is 1. The van der Waals surface area contributed by atoms with E-state index in [1.54, 1.807) is 6.20 Å². The molecule has 0 unspecified atom stereocenters. The van der Waals surface area contributed by atoms with Crippen molar-refractivity contribution in [3.05, 3.63) is 35.8 Å². The molecule has 1 N–H and O–H groups in total. The molecule has 1 fully saturated rings. The quantitative estimate of drug-likeness (QED) is 0.929. The SMILES string of the molecule is Cc1ccn2cc(C(=O)N[C@H](C)[C@H]3CCCO3)nc2c1. The van der Waals surface area contributed by atoms with Gasteiger partial charge in [0, 0.05) is 19.0 Å². The number of ether oxygens (including phenoxy) is 1. The van der Waals surface area contributed by atoms with Crippen LogP contribution in [-0.2, 0) is 4.74 Å². The van der Waals surface area contributed by atoms with Crippen molar-refractivity contribution >= 4 is 11.6 Å². The number of aryl methyl sites for hydroxylation is 1. The zero-order chi connectivity index (χ0) is 14.1. The molecule has 0 radical (unpaired) electrons. The van der Waals surface area contributed by atoms with Crippen molar-refractivity contribution in [2.45, 2.75) is 38.8 Å². The van der Waals surface area contributed by atoms with E-state index in [-0.39, 0.29) is 18.1 Å². The zero-order valence-corrected chi connectivity index (χ0v) is 11.8. The first kappa shape index (κ1) is 13.1. The van der Waals surface area contributed by atoms with Gasteiger partial charge >= 0.3 is 0 Å². The van der Waals surface area contributed by atoms with Crippen LogP contribution in [0.25, 0.3) is 5.65 Å². The van der Waals surface area contributed by atoms with Crippen molar-refractivity contribution in [2.24, 2.45) is 0 Å². The molecule has 3 rings (SSSR count). The third kappa shape index (κ3) is 2.54. The Morgan fingerprint density at radius 1 is 1.60 bits per heavy atom. The van der Waals surface area contributed by atoms with Crippen LogP contribution < -0.4 is 5.32 Å². The number of hydrogen-bond acceptors (Lipinski definition) is 3. The molecule has 0 bridgehead atoms. The number of nitrogens with one attached hydrogen (secondary N) is 1. The van der Waals surface area contributed by atoms with E-state index >= 15 is 0 Å². The zero-order valence-electron chi connectivity index (χ0n) is 11.8. The summed E-state index contributed by atoms with van der Waals surface area (Å²) in [6.45, 7) is 4.78. The van der Waals surface area contributed by atoms with Crippen LogP contribution in [0.1, 0.15) is 35.8 Å². The largest absolute Gasteiger partial charge is 0.376 e. The van der Waals surface area contributed by atoms with Gasteiger partial charge in [-0.1, -0.05) is 0 Å². The van der Waals surface area contributed by atoms with Gasteiger partial charge in [-0.05, 0) is 44.4 Å². The number of carbonyl (C=O) groups is 1. The molecule has 1 aliphatic heterocycles. The predicted octanol–water partition coefficient (Wildman–Crippen LogP) is 1.94. The van der Waals surface area contributed by atoms with Gasteiger partial charge in [-0.25, -0.2) is 4.98 Å². The van der Waals surface area contributed by atoms with Crippen LogP contribution in [0.2, 0.25) is 0 Å². The Kier molecular flexibility index (Phi) is 3.44. The maximum absolute atomic E-state index is 12.2. The summed E-state index contributed by atoms with van der Waals surface area (Å²) in [6.07, 6.45) is 5.87. The van der Waals surface area contributed by atoms with E-state index < -0.39 is 0 Å². The Morgan fingerprint density at radius 3 is 3.20 bits per heavy atom. The topological polar surface area (TPSA) is 55.6 Å². The Labute approximate surface area is 118 Å². The molecule has 3 heterocycles. The number of aromatic nitrogens is 2. The van der Waals surface area contributed by atoms with E-state index in [4.69, 9.17) is 4.74 Å². The van der Waals surface area contributed by atoms with Gasteiger partial charge in [0.1, 0.15) is 11.3 Å². The Morgan fingerprint density at radius 2 is 2.45 bits per heavy atom. The lowest BCUT2D eigenvalue weighted by molar-refractivity contribution is 0.0710. The first-order valence-corrected chi connectivity index (χ1v) is 7.01. The molecule has 1 saturated heterocycles. The number of pyridine rings is 1. The summed E-state index contributed by atoms with van der Waals surface area (Å²) < 4.78 is 7.45. The molecule has 2 aromatic heterocycles. The van der Waals surface area contributed by atoms with E-state index in [1.165, 1.54) is 0 Å². The highest BCUT2D eigenvalue weighted by atomic mass is 16.5.